The predicted molar refractivity (Wildman–Crippen MR) is 106 cm³/mol. The number of alkyl halides is 3. The predicted octanol–water partition coefficient (Wildman–Crippen LogP) is 4.51. The molecule has 0 spiro atoms. The van der Waals surface area contributed by atoms with Gasteiger partial charge in [0.05, 0.1) is 37.6 Å². The van der Waals surface area contributed by atoms with Gasteiger partial charge in [-0.15, -0.1) is 0 Å². The zero-order chi connectivity index (χ0) is 21.8. The van der Waals surface area contributed by atoms with Crippen molar-refractivity contribution in [1.82, 2.24) is 5.32 Å². The highest BCUT2D eigenvalue weighted by Gasteiger charge is 2.31. The number of amides is 1. The van der Waals surface area contributed by atoms with Gasteiger partial charge in [-0.2, -0.15) is 13.2 Å². The van der Waals surface area contributed by atoms with Crippen molar-refractivity contribution in [3.8, 4) is 17.2 Å². The van der Waals surface area contributed by atoms with Crippen LogP contribution in [0.2, 0.25) is 5.02 Å². The number of methoxy groups -OCH3 is 3. The van der Waals surface area contributed by atoms with Crippen molar-refractivity contribution in [2.24, 2.45) is 0 Å². The molecule has 156 valence electrons. The van der Waals surface area contributed by atoms with E-state index in [-0.39, 0.29) is 32.9 Å². The first-order valence-electron chi connectivity index (χ1n) is 7.89. The summed E-state index contributed by atoms with van der Waals surface area (Å²) in [6.07, 6.45) is -4.55. The number of hydrogen-bond donors (Lipinski definition) is 2. The van der Waals surface area contributed by atoms with Gasteiger partial charge < -0.3 is 19.5 Å². The van der Waals surface area contributed by atoms with Crippen LogP contribution >= 0.6 is 23.8 Å². The van der Waals surface area contributed by atoms with E-state index in [4.69, 9.17) is 38.0 Å². The first-order chi connectivity index (χ1) is 13.6. The molecule has 6 nitrogen and oxygen atoms in total. The number of ether oxygens (including phenoxy) is 3. The van der Waals surface area contributed by atoms with Crippen molar-refractivity contribution in [3.05, 3.63) is 46.5 Å². The van der Waals surface area contributed by atoms with E-state index in [0.717, 1.165) is 18.2 Å². The Morgan fingerprint density at radius 2 is 1.62 bits per heavy atom. The van der Waals surface area contributed by atoms with E-state index in [9.17, 15) is 18.0 Å². The molecule has 0 aromatic heterocycles. The Kier molecular flexibility index (Phi) is 7.15. The summed E-state index contributed by atoms with van der Waals surface area (Å²) in [6.45, 7) is 0. The molecule has 2 N–H and O–H groups in total. The van der Waals surface area contributed by atoms with Crippen LogP contribution in [0.4, 0.5) is 18.9 Å². The van der Waals surface area contributed by atoms with Gasteiger partial charge in [-0.25, -0.2) is 0 Å². The van der Waals surface area contributed by atoms with Gasteiger partial charge in [-0.05, 0) is 42.5 Å². The van der Waals surface area contributed by atoms with Crippen LogP contribution in [0.3, 0.4) is 0 Å². The smallest absolute Gasteiger partial charge is 0.416 e. The topological polar surface area (TPSA) is 68.8 Å². The summed E-state index contributed by atoms with van der Waals surface area (Å²) in [5, 5.41) is 4.60. The molecule has 0 unspecified atom stereocenters. The summed E-state index contributed by atoms with van der Waals surface area (Å²) < 4.78 is 54.1. The van der Waals surface area contributed by atoms with Crippen LogP contribution in [0.5, 0.6) is 17.2 Å². The fourth-order valence-electron chi connectivity index (χ4n) is 2.34. The second-order valence-corrected chi connectivity index (χ2v) is 6.33. The van der Waals surface area contributed by atoms with E-state index in [1.54, 1.807) is 0 Å². The van der Waals surface area contributed by atoms with E-state index in [1.165, 1.54) is 33.5 Å². The normalized spacial score (nSPS) is 10.9. The van der Waals surface area contributed by atoms with Crippen molar-refractivity contribution < 1.29 is 32.2 Å². The Morgan fingerprint density at radius 3 is 2.10 bits per heavy atom. The maximum absolute atomic E-state index is 12.9. The number of anilines is 1. The first kappa shape index (κ1) is 22.6. The van der Waals surface area contributed by atoms with Crippen molar-refractivity contribution in [2.75, 3.05) is 26.6 Å². The summed E-state index contributed by atoms with van der Waals surface area (Å²) in [7, 11) is 4.19. The number of carbonyl (C=O) groups is 1. The molecule has 1 amide bonds. The Balaban J connectivity index is 2.21. The van der Waals surface area contributed by atoms with Gasteiger partial charge in [0.15, 0.2) is 16.6 Å². The second kappa shape index (κ2) is 9.19. The molecule has 2 rings (SSSR count). The number of hydrogen-bond acceptors (Lipinski definition) is 5. The third kappa shape index (κ3) is 5.42. The molecule has 2 aromatic rings. The van der Waals surface area contributed by atoms with Crippen LogP contribution in [-0.4, -0.2) is 32.3 Å². The van der Waals surface area contributed by atoms with Crippen LogP contribution < -0.4 is 24.8 Å². The Bertz CT molecular complexity index is 913. The third-order valence-corrected chi connectivity index (χ3v) is 4.23. The minimum Gasteiger partial charge on any atom is -0.493 e. The molecule has 0 fully saturated rings. The van der Waals surface area contributed by atoms with Gasteiger partial charge in [0.2, 0.25) is 5.75 Å². The number of benzene rings is 2. The van der Waals surface area contributed by atoms with E-state index in [0.29, 0.717) is 5.75 Å². The lowest BCUT2D eigenvalue weighted by Crippen LogP contribution is -2.34. The van der Waals surface area contributed by atoms with Gasteiger partial charge >= 0.3 is 6.18 Å². The average molecular weight is 449 g/mol. The molecule has 0 heterocycles. The van der Waals surface area contributed by atoms with Crippen LogP contribution in [0, 0.1) is 0 Å². The average Bonchev–Trinajstić information content (AvgIpc) is 2.67. The van der Waals surface area contributed by atoms with Gasteiger partial charge in [0, 0.05) is 5.56 Å². The number of carbonyl (C=O) groups excluding carboxylic acids is 1. The molecule has 0 saturated heterocycles. The van der Waals surface area contributed by atoms with Crippen molar-refractivity contribution in [3.63, 3.8) is 0 Å². The number of halogens is 4. The highest BCUT2D eigenvalue weighted by atomic mass is 35.5. The molecule has 0 saturated carbocycles. The molecule has 0 aliphatic carbocycles. The summed E-state index contributed by atoms with van der Waals surface area (Å²) in [5.41, 5.74) is -0.890. The maximum atomic E-state index is 12.9. The zero-order valence-electron chi connectivity index (χ0n) is 15.4. The second-order valence-electron chi connectivity index (χ2n) is 5.51. The summed E-state index contributed by atoms with van der Waals surface area (Å²) in [5.74, 6) is 0.140. The molecule has 11 heteroatoms. The zero-order valence-corrected chi connectivity index (χ0v) is 17.0. The quantitative estimate of drug-likeness (QED) is 0.656. The minimum atomic E-state index is -4.55. The fourth-order valence-corrected chi connectivity index (χ4v) is 2.71. The molecule has 0 bridgehead atoms. The maximum Gasteiger partial charge on any atom is 0.416 e. The van der Waals surface area contributed by atoms with Gasteiger partial charge in [0.1, 0.15) is 0 Å². The number of rotatable bonds is 5. The van der Waals surface area contributed by atoms with Crippen LogP contribution in [0.15, 0.2) is 30.3 Å². The van der Waals surface area contributed by atoms with Crippen LogP contribution in [0.1, 0.15) is 15.9 Å². The third-order valence-electron chi connectivity index (χ3n) is 3.70. The molecule has 0 aliphatic heterocycles. The standard InChI is InChI=1S/C18H16ClF3N2O4S/c1-26-13-6-9(7-14(27-2)15(13)28-3)16(25)24-17(29)23-12-8-10(18(20,21)22)4-5-11(12)19/h4-8H,1-3H3,(H2,23,24,25,29). The minimum absolute atomic E-state index is 0.00221. The highest BCUT2D eigenvalue weighted by Crippen LogP contribution is 2.38. The molecular weight excluding hydrogens is 433 g/mol. The van der Waals surface area contributed by atoms with E-state index >= 15 is 0 Å². The summed E-state index contributed by atoms with van der Waals surface area (Å²) in [4.78, 5) is 12.5. The van der Waals surface area contributed by atoms with Crippen LogP contribution in [-0.2, 0) is 6.18 Å². The monoisotopic (exact) mass is 448 g/mol. The van der Waals surface area contributed by atoms with Gasteiger partial charge in [0.25, 0.3) is 5.91 Å². The summed E-state index contributed by atoms with van der Waals surface area (Å²) >= 11 is 10.9. The van der Waals surface area contributed by atoms with Gasteiger partial charge in [-0.3, -0.25) is 10.1 Å². The fraction of sp³-hybridized carbons (Fsp3) is 0.222. The molecular formula is C18H16ClF3N2O4S. The van der Waals surface area contributed by atoms with Crippen molar-refractivity contribution in [1.29, 1.82) is 0 Å². The lowest BCUT2D eigenvalue weighted by molar-refractivity contribution is -0.137. The van der Waals surface area contributed by atoms with E-state index < -0.39 is 17.6 Å². The number of nitrogens with one attached hydrogen (secondary N) is 2. The Morgan fingerprint density at radius 1 is 1.03 bits per heavy atom. The van der Waals surface area contributed by atoms with E-state index in [1.807, 2.05) is 0 Å². The van der Waals surface area contributed by atoms with Crippen LogP contribution in [0.25, 0.3) is 0 Å². The number of thiocarbonyl (C=S) groups is 1. The van der Waals surface area contributed by atoms with Gasteiger partial charge in [-0.1, -0.05) is 11.6 Å². The molecule has 0 radical (unpaired) electrons. The molecule has 29 heavy (non-hydrogen) atoms. The Hall–Kier alpha value is -2.72. The lowest BCUT2D eigenvalue weighted by atomic mass is 10.1. The van der Waals surface area contributed by atoms with E-state index in [2.05, 4.69) is 10.6 Å². The lowest BCUT2D eigenvalue weighted by Gasteiger charge is -2.15. The first-order valence-corrected chi connectivity index (χ1v) is 8.68. The SMILES string of the molecule is COc1cc(C(=O)NC(=S)Nc2cc(C(F)(F)F)ccc2Cl)cc(OC)c1OC. The summed E-state index contributed by atoms with van der Waals surface area (Å²) in [6, 6.07) is 5.51. The Labute approximate surface area is 174 Å². The van der Waals surface area contributed by atoms with Crippen molar-refractivity contribution >= 4 is 40.5 Å². The van der Waals surface area contributed by atoms with Crippen molar-refractivity contribution in [2.45, 2.75) is 6.18 Å². The molecule has 2 aromatic carbocycles. The molecule has 0 aliphatic rings. The largest absolute Gasteiger partial charge is 0.493 e. The highest BCUT2D eigenvalue weighted by molar-refractivity contribution is 7.80. The molecule has 0 atom stereocenters.